The van der Waals surface area contributed by atoms with Crippen LogP contribution in [-0.4, -0.2) is 33.8 Å². The lowest BCUT2D eigenvalue weighted by Crippen LogP contribution is -2.25. The van der Waals surface area contributed by atoms with Crippen molar-refractivity contribution in [2.24, 2.45) is 11.8 Å². The monoisotopic (exact) mass is 264 g/mol. The number of hydrogen-bond donors (Lipinski definition) is 1. The van der Waals surface area contributed by atoms with E-state index in [4.69, 9.17) is 9.84 Å². The third kappa shape index (κ3) is 2.81. The van der Waals surface area contributed by atoms with Crippen LogP contribution in [0.3, 0.4) is 0 Å². The molecule has 0 spiro atoms. The lowest BCUT2D eigenvalue weighted by molar-refractivity contribution is -0.142. The summed E-state index contributed by atoms with van der Waals surface area (Å²) in [5.41, 5.74) is 1.12. The third-order valence-corrected chi connectivity index (χ3v) is 4.24. The first kappa shape index (κ1) is 12.7. The minimum absolute atomic E-state index is 0.258. The van der Waals surface area contributed by atoms with Gasteiger partial charge in [0.15, 0.2) is 0 Å². The van der Waals surface area contributed by atoms with Crippen molar-refractivity contribution in [3.05, 3.63) is 17.7 Å². The lowest BCUT2D eigenvalue weighted by Gasteiger charge is -2.20. The van der Waals surface area contributed by atoms with Gasteiger partial charge in [-0.2, -0.15) is 0 Å². The van der Waals surface area contributed by atoms with Gasteiger partial charge < -0.3 is 14.4 Å². The van der Waals surface area contributed by atoms with Gasteiger partial charge >= 0.3 is 5.97 Å². The highest BCUT2D eigenvalue weighted by Crippen LogP contribution is 2.24. The first-order valence-corrected chi connectivity index (χ1v) is 7.08. The predicted molar refractivity (Wildman–Crippen MR) is 68.9 cm³/mol. The Morgan fingerprint density at radius 3 is 2.95 bits per heavy atom. The number of carboxylic acid groups (broad SMARTS) is 1. The number of fused-ring (bicyclic) bond motifs is 1. The van der Waals surface area contributed by atoms with Gasteiger partial charge in [-0.15, -0.1) is 0 Å². The minimum Gasteiger partial charge on any atom is -0.481 e. The average molecular weight is 264 g/mol. The Morgan fingerprint density at radius 2 is 2.21 bits per heavy atom. The molecule has 1 aromatic heterocycles. The van der Waals surface area contributed by atoms with Gasteiger partial charge in [-0.25, -0.2) is 4.98 Å². The summed E-state index contributed by atoms with van der Waals surface area (Å²) in [5.74, 6) is 0.660. The number of rotatable bonds is 3. The summed E-state index contributed by atoms with van der Waals surface area (Å²) in [6, 6.07) is 0. The third-order valence-electron chi connectivity index (χ3n) is 4.24. The molecular weight excluding hydrogens is 244 g/mol. The number of hydrogen-bond acceptors (Lipinski definition) is 3. The molecule has 2 aliphatic heterocycles. The number of aliphatic carboxylic acids is 1. The van der Waals surface area contributed by atoms with E-state index in [1.54, 1.807) is 0 Å². The summed E-state index contributed by atoms with van der Waals surface area (Å²) in [6.07, 6.45) is 6.63. The molecule has 0 aliphatic carbocycles. The van der Waals surface area contributed by atoms with Crippen LogP contribution in [0.25, 0.3) is 0 Å². The zero-order valence-electron chi connectivity index (χ0n) is 11.0. The molecule has 0 amide bonds. The maximum absolute atomic E-state index is 11.0. The first-order chi connectivity index (χ1) is 9.22. The molecule has 0 saturated carbocycles. The van der Waals surface area contributed by atoms with Crippen LogP contribution >= 0.6 is 0 Å². The molecular formula is C14H20N2O3. The summed E-state index contributed by atoms with van der Waals surface area (Å²) in [4.78, 5) is 15.7. The number of carboxylic acids is 1. The van der Waals surface area contributed by atoms with Crippen molar-refractivity contribution >= 4 is 5.97 Å². The Labute approximate surface area is 112 Å². The van der Waals surface area contributed by atoms with Crippen LogP contribution in [-0.2, 0) is 28.9 Å². The molecule has 5 nitrogen and oxygen atoms in total. The van der Waals surface area contributed by atoms with Crippen molar-refractivity contribution in [1.82, 2.24) is 9.55 Å². The number of aryl methyl sites for hydroxylation is 1. The van der Waals surface area contributed by atoms with E-state index in [1.807, 2.05) is 0 Å². The molecule has 2 aliphatic rings. The minimum atomic E-state index is -0.694. The van der Waals surface area contributed by atoms with Crippen LogP contribution in [0, 0.1) is 11.8 Å². The van der Waals surface area contributed by atoms with Crippen molar-refractivity contribution in [2.45, 2.75) is 38.6 Å². The van der Waals surface area contributed by atoms with Gasteiger partial charge in [0, 0.05) is 32.4 Å². The number of aromatic nitrogens is 2. The van der Waals surface area contributed by atoms with Crippen molar-refractivity contribution in [1.29, 1.82) is 0 Å². The Balaban J connectivity index is 1.67. The fourth-order valence-electron chi connectivity index (χ4n) is 3.04. The van der Waals surface area contributed by atoms with E-state index in [2.05, 4.69) is 15.7 Å². The van der Waals surface area contributed by atoms with E-state index in [0.29, 0.717) is 12.3 Å². The Kier molecular flexibility index (Phi) is 3.55. The quantitative estimate of drug-likeness (QED) is 0.898. The molecule has 0 aromatic carbocycles. The molecule has 104 valence electrons. The zero-order valence-corrected chi connectivity index (χ0v) is 11.0. The number of carbonyl (C=O) groups is 1. The van der Waals surface area contributed by atoms with Crippen LogP contribution in [0.2, 0.25) is 0 Å². The van der Waals surface area contributed by atoms with Crippen molar-refractivity contribution in [3.8, 4) is 0 Å². The summed E-state index contributed by atoms with van der Waals surface area (Å²) in [7, 11) is 0. The second kappa shape index (κ2) is 5.33. The predicted octanol–water partition coefficient (Wildman–Crippen LogP) is 1.50. The highest BCUT2D eigenvalue weighted by molar-refractivity contribution is 5.70. The van der Waals surface area contributed by atoms with E-state index in [0.717, 1.165) is 57.0 Å². The van der Waals surface area contributed by atoms with Gasteiger partial charge in [0.25, 0.3) is 0 Å². The maximum atomic E-state index is 11.0. The molecule has 3 heterocycles. The molecule has 0 bridgehead atoms. The number of ether oxygens (including phenoxy) is 1. The van der Waals surface area contributed by atoms with Gasteiger partial charge in [0.2, 0.25) is 0 Å². The second-order valence-corrected chi connectivity index (χ2v) is 5.63. The fraction of sp³-hybridized carbons (Fsp3) is 0.714. The number of nitrogens with zero attached hydrogens (tertiary/aromatic N) is 2. The summed E-state index contributed by atoms with van der Waals surface area (Å²) >= 11 is 0. The fourth-order valence-corrected chi connectivity index (χ4v) is 3.04. The van der Waals surface area contributed by atoms with Crippen LogP contribution in [0.4, 0.5) is 0 Å². The molecule has 1 saturated heterocycles. The van der Waals surface area contributed by atoms with Gasteiger partial charge in [-0.3, -0.25) is 4.79 Å². The van der Waals surface area contributed by atoms with Crippen LogP contribution in [0.1, 0.15) is 30.8 Å². The molecule has 19 heavy (non-hydrogen) atoms. The van der Waals surface area contributed by atoms with Gasteiger partial charge in [-0.05, 0) is 31.6 Å². The Morgan fingerprint density at radius 1 is 1.42 bits per heavy atom. The smallest absolute Gasteiger partial charge is 0.307 e. The standard InChI is InChI=1S/C14H20N2O3/c17-14(18)11-1-4-16-9-12(15-13(16)8-11)7-10-2-5-19-6-3-10/h9-11H,1-8H2,(H,17,18). The highest BCUT2D eigenvalue weighted by atomic mass is 16.5. The van der Waals surface area contributed by atoms with Crippen LogP contribution in [0.15, 0.2) is 6.20 Å². The van der Waals surface area contributed by atoms with Crippen LogP contribution in [0.5, 0.6) is 0 Å². The van der Waals surface area contributed by atoms with E-state index in [9.17, 15) is 4.79 Å². The molecule has 1 aromatic rings. The van der Waals surface area contributed by atoms with Crippen molar-refractivity contribution in [2.75, 3.05) is 13.2 Å². The average Bonchev–Trinajstić information content (AvgIpc) is 2.80. The molecule has 1 fully saturated rings. The largest absolute Gasteiger partial charge is 0.481 e. The normalized spacial score (nSPS) is 24.1. The van der Waals surface area contributed by atoms with E-state index >= 15 is 0 Å². The Hall–Kier alpha value is -1.36. The van der Waals surface area contributed by atoms with Crippen molar-refractivity contribution < 1.29 is 14.6 Å². The van der Waals surface area contributed by atoms with Gasteiger partial charge in [-0.1, -0.05) is 0 Å². The lowest BCUT2D eigenvalue weighted by atomic mass is 9.95. The summed E-state index contributed by atoms with van der Waals surface area (Å²) < 4.78 is 7.50. The topological polar surface area (TPSA) is 64.3 Å². The first-order valence-electron chi connectivity index (χ1n) is 7.08. The summed E-state index contributed by atoms with van der Waals surface area (Å²) in [6.45, 7) is 2.51. The van der Waals surface area contributed by atoms with E-state index < -0.39 is 5.97 Å². The molecule has 5 heteroatoms. The highest BCUT2D eigenvalue weighted by Gasteiger charge is 2.26. The van der Waals surface area contributed by atoms with Gasteiger partial charge in [0.05, 0.1) is 11.6 Å². The molecule has 1 N–H and O–H groups in total. The number of imidazole rings is 1. The van der Waals surface area contributed by atoms with Gasteiger partial charge in [0.1, 0.15) is 5.82 Å². The Bertz CT molecular complexity index is 463. The van der Waals surface area contributed by atoms with E-state index in [-0.39, 0.29) is 5.92 Å². The SMILES string of the molecule is O=C(O)C1CCn2cc(CC3CCOCC3)nc2C1. The molecule has 1 unspecified atom stereocenters. The van der Waals surface area contributed by atoms with E-state index in [1.165, 1.54) is 0 Å². The zero-order chi connectivity index (χ0) is 13.2. The van der Waals surface area contributed by atoms with Crippen molar-refractivity contribution in [3.63, 3.8) is 0 Å². The van der Waals surface area contributed by atoms with Crippen LogP contribution < -0.4 is 0 Å². The maximum Gasteiger partial charge on any atom is 0.307 e. The summed E-state index contributed by atoms with van der Waals surface area (Å²) in [5, 5.41) is 9.08. The molecule has 1 atom stereocenters. The second-order valence-electron chi connectivity index (χ2n) is 5.63. The molecule has 0 radical (unpaired) electrons. The molecule has 3 rings (SSSR count).